The third-order valence-electron chi connectivity index (χ3n) is 3.91. The molecule has 3 aromatic heterocycles. The van der Waals surface area contributed by atoms with E-state index in [1.807, 2.05) is 30.3 Å². The standard InChI is InChI=1S/C19H15N5O3/c1-26-16-7-3-2-6-13(16)14-10-18(23-22-14)21-19(25)15-9-17(27-24-15)12-5-4-8-20-11-12/h2-11H,1H3,(H2,21,22,23,25). The van der Waals surface area contributed by atoms with Gasteiger partial charge >= 0.3 is 0 Å². The highest BCUT2D eigenvalue weighted by molar-refractivity contribution is 6.03. The normalized spacial score (nSPS) is 10.6. The fourth-order valence-corrected chi connectivity index (χ4v) is 2.60. The third kappa shape index (κ3) is 3.40. The first-order chi connectivity index (χ1) is 13.2. The van der Waals surface area contributed by atoms with Crippen LogP contribution in [0.15, 0.2) is 65.4 Å². The average Bonchev–Trinajstić information content (AvgIpc) is 3.38. The molecule has 8 nitrogen and oxygen atoms in total. The van der Waals surface area contributed by atoms with Gasteiger partial charge in [0.05, 0.1) is 12.8 Å². The Hall–Kier alpha value is -3.94. The maximum absolute atomic E-state index is 12.4. The Morgan fingerprint density at radius 2 is 2.07 bits per heavy atom. The van der Waals surface area contributed by atoms with Crippen LogP contribution >= 0.6 is 0 Å². The number of para-hydroxylation sites is 1. The number of ether oxygens (including phenoxy) is 1. The quantitative estimate of drug-likeness (QED) is 0.564. The van der Waals surface area contributed by atoms with Crippen molar-refractivity contribution in [3.8, 4) is 28.3 Å². The van der Waals surface area contributed by atoms with E-state index >= 15 is 0 Å². The van der Waals surface area contributed by atoms with E-state index in [0.717, 1.165) is 16.8 Å². The van der Waals surface area contributed by atoms with E-state index in [4.69, 9.17) is 9.26 Å². The zero-order valence-corrected chi connectivity index (χ0v) is 14.3. The lowest BCUT2D eigenvalue weighted by atomic mass is 10.1. The smallest absolute Gasteiger partial charge is 0.279 e. The summed E-state index contributed by atoms with van der Waals surface area (Å²) in [5.74, 6) is 1.11. The Morgan fingerprint density at radius 3 is 2.89 bits per heavy atom. The molecule has 0 aliphatic rings. The Balaban J connectivity index is 1.51. The molecule has 0 saturated heterocycles. The molecule has 0 atom stereocenters. The molecule has 0 saturated carbocycles. The summed E-state index contributed by atoms with van der Waals surface area (Å²) in [6.45, 7) is 0. The maximum Gasteiger partial charge on any atom is 0.279 e. The highest BCUT2D eigenvalue weighted by atomic mass is 16.5. The number of amides is 1. The number of hydrogen-bond donors (Lipinski definition) is 2. The monoisotopic (exact) mass is 361 g/mol. The van der Waals surface area contributed by atoms with E-state index < -0.39 is 5.91 Å². The van der Waals surface area contributed by atoms with E-state index in [-0.39, 0.29) is 5.69 Å². The molecule has 0 aliphatic carbocycles. The van der Waals surface area contributed by atoms with Gasteiger partial charge in [-0.1, -0.05) is 17.3 Å². The number of rotatable bonds is 5. The molecule has 1 aromatic carbocycles. The molecule has 4 rings (SSSR count). The number of H-pyrrole nitrogens is 1. The second-order valence-corrected chi connectivity index (χ2v) is 5.64. The van der Waals surface area contributed by atoms with Gasteiger partial charge in [-0.3, -0.25) is 14.9 Å². The lowest BCUT2D eigenvalue weighted by Crippen LogP contribution is -2.12. The van der Waals surface area contributed by atoms with Crippen molar-refractivity contribution >= 4 is 11.7 Å². The van der Waals surface area contributed by atoms with Crippen molar-refractivity contribution in [2.45, 2.75) is 0 Å². The molecular weight excluding hydrogens is 346 g/mol. The van der Waals surface area contributed by atoms with E-state index in [0.29, 0.717) is 17.3 Å². The minimum Gasteiger partial charge on any atom is -0.496 e. The predicted molar refractivity (Wildman–Crippen MR) is 98.3 cm³/mol. The molecule has 3 heterocycles. The van der Waals surface area contributed by atoms with Gasteiger partial charge < -0.3 is 14.6 Å². The molecule has 0 unspecified atom stereocenters. The number of benzene rings is 1. The van der Waals surface area contributed by atoms with Gasteiger partial charge in [-0.15, -0.1) is 0 Å². The summed E-state index contributed by atoms with van der Waals surface area (Å²) in [5, 5.41) is 13.5. The minimum absolute atomic E-state index is 0.149. The molecule has 0 bridgehead atoms. The van der Waals surface area contributed by atoms with Crippen molar-refractivity contribution in [1.29, 1.82) is 0 Å². The van der Waals surface area contributed by atoms with Gasteiger partial charge in [0.25, 0.3) is 5.91 Å². The van der Waals surface area contributed by atoms with Crippen molar-refractivity contribution in [2.75, 3.05) is 12.4 Å². The van der Waals surface area contributed by atoms with Gasteiger partial charge in [-0.05, 0) is 24.3 Å². The van der Waals surface area contributed by atoms with E-state index in [1.165, 1.54) is 0 Å². The fraction of sp³-hybridized carbons (Fsp3) is 0.0526. The zero-order chi connectivity index (χ0) is 18.6. The molecule has 0 aliphatic heterocycles. The van der Waals surface area contributed by atoms with Crippen molar-refractivity contribution in [2.24, 2.45) is 0 Å². The summed E-state index contributed by atoms with van der Waals surface area (Å²) < 4.78 is 10.6. The lowest BCUT2D eigenvalue weighted by molar-refractivity contribution is 0.101. The lowest BCUT2D eigenvalue weighted by Gasteiger charge is -2.04. The number of aromatic amines is 1. The summed E-state index contributed by atoms with van der Waals surface area (Å²) in [5.41, 5.74) is 2.45. The van der Waals surface area contributed by atoms with Crippen LogP contribution in [0.4, 0.5) is 5.82 Å². The third-order valence-corrected chi connectivity index (χ3v) is 3.91. The average molecular weight is 361 g/mol. The van der Waals surface area contributed by atoms with Gasteiger partial charge in [0.15, 0.2) is 17.3 Å². The van der Waals surface area contributed by atoms with Crippen molar-refractivity contribution in [3.05, 3.63) is 66.6 Å². The molecule has 4 aromatic rings. The van der Waals surface area contributed by atoms with Crippen molar-refractivity contribution in [3.63, 3.8) is 0 Å². The van der Waals surface area contributed by atoms with Crippen LogP contribution in [0, 0.1) is 0 Å². The summed E-state index contributed by atoms with van der Waals surface area (Å²) in [4.78, 5) is 16.4. The molecule has 2 N–H and O–H groups in total. The van der Waals surface area contributed by atoms with Crippen LogP contribution in [0.1, 0.15) is 10.5 Å². The molecule has 0 spiro atoms. The molecule has 0 radical (unpaired) electrons. The first kappa shape index (κ1) is 16.5. The highest BCUT2D eigenvalue weighted by Crippen LogP contribution is 2.29. The first-order valence-electron chi connectivity index (χ1n) is 8.12. The number of pyridine rings is 1. The van der Waals surface area contributed by atoms with Crippen LogP contribution < -0.4 is 10.1 Å². The Morgan fingerprint density at radius 1 is 1.19 bits per heavy atom. The Kier molecular flexibility index (Phi) is 4.36. The van der Waals surface area contributed by atoms with Gasteiger partial charge in [-0.25, -0.2) is 0 Å². The van der Waals surface area contributed by atoms with Gasteiger partial charge in [-0.2, -0.15) is 5.10 Å². The predicted octanol–water partition coefficient (Wildman–Crippen LogP) is 3.39. The van der Waals surface area contributed by atoms with Crippen molar-refractivity contribution in [1.82, 2.24) is 20.3 Å². The maximum atomic E-state index is 12.4. The number of aromatic nitrogens is 4. The van der Waals surface area contributed by atoms with Crippen LogP contribution in [0.2, 0.25) is 0 Å². The first-order valence-corrected chi connectivity index (χ1v) is 8.12. The highest BCUT2D eigenvalue weighted by Gasteiger charge is 2.16. The summed E-state index contributed by atoms with van der Waals surface area (Å²) in [7, 11) is 1.60. The molecule has 134 valence electrons. The van der Waals surface area contributed by atoms with Crippen LogP contribution in [0.25, 0.3) is 22.6 Å². The Labute approximate surface area is 154 Å². The molecular formula is C19H15N5O3. The van der Waals surface area contributed by atoms with E-state index in [9.17, 15) is 4.79 Å². The SMILES string of the molecule is COc1ccccc1-c1cc(NC(=O)c2cc(-c3cccnc3)on2)n[nH]1. The second kappa shape index (κ2) is 7.12. The number of methoxy groups -OCH3 is 1. The number of carbonyl (C=O) groups excluding carboxylic acids is 1. The van der Waals surface area contributed by atoms with Crippen LogP contribution in [-0.4, -0.2) is 33.4 Å². The van der Waals surface area contributed by atoms with E-state index in [1.54, 1.807) is 37.7 Å². The fourth-order valence-electron chi connectivity index (χ4n) is 2.60. The van der Waals surface area contributed by atoms with Crippen LogP contribution in [-0.2, 0) is 0 Å². The van der Waals surface area contributed by atoms with Crippen molar-refractivity contribution < 1.29 is 14.1 Å². The summed E-state index contributed by atoms with van der Waals surface area (Å²) >= 11 is 0. The number of anilines is 1. The summed E-state index contributed by atoms with van der Waals surface area (Å²) in [6, 6.07) is 14.4. The van der Waals surface area contributed by atoms with Gasteiger partial charge in [0.2, 0.25) is 0 Å². The second-order valence-electron chi connectivity index (χ2n) is 5.64. The van der Waals surface area contributed by atoms with Gasteiger partial charge in [0, 0.05) is 35.7 Å². The molecule has 27 heavy (non-hydrogen) atoms. The minimum atomic E-state index is -0.424. The van der Waals surface area contributed by atoms with E-state index in [2.05, 4.69) is 25.7 Å². The van der Waals surface area contributed by atoms with Gasteiger partial charge in [0.1, 0.15) is 5.75 Å². The molecule has 0 fully saturated rings. The zero-order valence-electron chi connectivity index (χ0n) is 14.3. The topological polar surface area (TPSA) is 106 Å². The number of nitrogens with zero attached hydrogens (tertiary/aromatic N) is 3. The summed E-state index contributed by atoms with van der Waals surface area (Å²) in [6.07, 6.45) is 3.29. The number of nitrogens with one attached hydrogen (secondary N) is 2. The number of hydrogen-bond acceptors (Lipinski definition) is 6. The molecule has 1 amide bonds. The van der Waals surface area contributed by atoms with Crippen LogP contribution in [0.5, 0.6) is 5.75 Å². The Bertz CT molecular complexity index is 1070. The van der Waals surface area contributed by atoms with Crippen LogP contribution in [0.3, 0.4) is 0 Å². The number of carbonyl (C=O) groups is 1. The largest absolute Gasteiger partial charge is 0.496 e. The molecule has 8 heteroatoms.